The molecule has 2 aliphatic heterocycles. The maximum absolute atomic E-state index is 12.3. The second-order valence-electron chi connectivity index (χ2n) is 5.41. The Morgan fingerprint density at radius 1 is 1.50 bits per heavy atom. The predicted molar refractivity (Wildman–Crippen MR) is 62.2 cm³/mol. The SMILES string of the molecule is C[C@H](N)[C@@H]1C(=O)N2[C@@H](C(=O)O)C(C)(C)S(=O)(=O)[C@H]12. The number of hydrogen-bond acceptors (Lipinski definition) is 5. The number of carboxylic acid groups (broad SMARTS) is 1. The van der Waals surface area contributed by atoms with Gasteiger partial charge in [-0.3, -0.25) is 4.79 Å². The number of aliphatic carboxylic acids is 1. The van der Waals surface area contributed by atoms with Crippen molar-refractivity contribution in [3.05, 3.63) is 0 Å². The Hall–Kier alpha value is -1.15. The molecular weight excluding hydrogens is 260 g/mol. The summed E-state index contributed by atoms with van der Waals surface area (Å²) in [6.07, 6.45) is 0. The molecule has 0 aromatic rings. The van der Waals surface area contributed by atoms with Crippen molar-refractivity contribution in [1.82, 2.24) is 4.90 Å². The van der Waals surface area contributed by atoms with Crippen molar-refractivity contribution in [2.45, 2.75) is 43.0 Å². The van der Waals surface area contributed by atoms with Crippen LogP contribution in [0.1, 0.15) is 20.8 Å². The fourth-order valence-corrected chi connectivity index (χ4v) is 5.25. The van der Waals surface area contributed by atoms with Gasteiger partial charge in [0.05, 0.1) is 10.7 Å². The Labute approximate surface area is 105 Å². The number of nitrogens with zero attached hydrogens (tertiary/aromatic N) is 1. The van der Waals surface area contributed by atoms with Gasteiger partial charge in [-0.15, -0.1) is 0 Å². The summed E-state index contributed by atoms with van der Waals surface area (Å²) in [5.41, 5.74) is 5.62. The highest BCUT2D eigenvalue weighted by Gasteiger charge is 2.72. The maximum atomic E-state index is 12.3. The number of fused-ring (bicyclic) bond motifs is 1. The predicted octanol–water partition coefficient (Wildman–Crippen LogP) is -1.22. The largest absolute Gasteiger partial charge is 0.480 e. The van der Waals surface area contributed by atoms with Crippen molar-refractivity contribution in [1.29, 1.82) is 0 Å². The quantitative estimate of drug-likeness (QED) is 0.610. The monoisotopic (exact) mass is 276 g/mol. The van der Waals surface area contributed by atoms with Crippen molar-refractivity contribution < 1.29 is 23.1 Å². The second kappa shape index (κ2) is 3.45. The Morgan fingerprint density at radius 3 is 2.39 bits per heavy atom. The number of hydrogen-bond donors (Lipinski definition) is 2. The zero-order valence-electron chi connectivity index (χ0n) is 10.3. The lowest BCUT2D eigenvalue weighted by Gasteiger charge is -2.44. The van der Waals surface area contributed by atoms with E-state index >= 15 is 0 Å². The lowest BCUT2D eigenvalue weighted by Crippen LogP contribution is -2.67. The van der Waals surface area contributed by atoms with Gasteiger partial charge in [0.15, 0.2) is 9.84 Å². The number of amides is 1. The fraction of sp³-hybridized carbons (Fsp3) is 0.800. The van der Waals surface area contributed by atoms with Crippen molar-refractivity contribution >= 4 is 21.7 Å². The molecule has 2 rings (SSSR count). The normalized spacial score (nSPS) is 37.9. The molecule has 7 nitrogen and oxygen atoms in total. The zero-order chi connectivity index (χ0) is 14.0. The fourth-order valence-electron chi connectivity index (χ4n) is 2.83. The summed E-state index contributed by atoms with van der Waals surface area (Å²) in [4.78, 5) is 24.1. The van der Waals surface area contributed by atoms with Crippen molar-refractivity contribution in [2.75, 3.05) is 0 Å². The third kappa shape index (κ3) is 1.24. The van der Waals surface area contributed by atoms with Crippen LogP contribution in [-0.2, 0) is 19.4 Å². The smallest absolute Gasteiger partial charge is 0.328 e. The zero-order valence-corrected chi connectivity index (χ0v) is 11.1. The Bertz CT molecular complexity index is 524. The number of nitrogens with two attached hydrogens (primary N) is 1. The summed E-state index contributed by atoms with van der Waals surface area (Å²) in [7, 11) is -3.74. The lowest BCUT2D eigenvalue weighted by atomic mass is 9.87. The van der Waals surface area contributed by atoms with Gasteiger partial charge in [-0.05, 0) is 20.8 Å². The van der Waals surface area contributed by atoms with E-state index in [1.165, 1.54) is 13.8 Å². The first kappa shape index (κ1) is 13.3. The molecule has 2 fully saturated rings. The summed E-state index contributed by atoms with van der Waals surface area (Å²) in [6, 6.07) is -1.95. The first-order chi connectivity index (χ1) is 8.05. The Balaban J connectivity index is 2.56. The van der Waals surface area contributed by atoms with E-state index in [1.54, 1.807) is 6.92 Å². The first-order valence-corrected chi connectivity index (χ1v) is 7.13. The summed E-state index contributed by atoms with van der Waals surface area (Å²) in [5.74, 6) is -2.63. The molecule has 8 heteroatoms. The van der Waals surface area contributed by atoms with Crippen LogP contribution in [-0.4, -0.2) is 52.5 Å². The first-order valence-electron chi connectivity index (χ1n) is 5.59. The van der Waals surface area contributed by atoms with Gasteiger partial charge >= 0.3 is 5.97 Å². The Kier molecular flexibility index (Phi) is 2.54. The third-order valence-corrected chi connectivity index (χ3v) is 6.76. The summed E-state index contributed by atoms with van der Waals surface area (Å²) < 4.78 is 23.2. The van der Waals surface area contributed by atoms with Crippen molar-refractivity contribution in [3.63, 3.8) is 0 Å². The van der Waals surface area contributed by atoms with E-state index in [2.05, 4.69) is 0 Å². The van der Waals surface area contributed by atoms with Crippen LogP contribution in [0.25, 0.3) is 0 Å². The summed E-state index contributed by atoms with van der Waals surface area (Å²) >= 11 is 0. The van der Waals surface area contributed by atoms with Crippen LogP contribution in [0, 0.1) is 5.92 Å². The maximum Gasteiger partial charge on any atom is 0.328 e. The van der Waals surface area contributed by atoms with Crippen LogP contribution < -0.4 is 5.73 Å². The molecule has 2 saturated heterocycles. The molecule has 0 aromatic heterocycles. The van der Waals surface area contributed by atoms with E-state index in [4.69, 9.17) is 10.8 Å². The Morgan fingerprint density at radius 2 is 2.00 bits per heavy atom. The van der Waals surface area contributed by atoms with E-state index in [9.17, 15) is 18.0 Å². The number of carbonyl (C=O) groups is 2. The highest BCUT2D eigenvalue weighted by atomic mass is 32.2. The van der Waals surface area contributed by atoms with Crippen LogP contribution in [0.15, 0.2) is 0 Å². The summed E-state index contributed by atoms with van der Waals surface area (Å²) in [5, 5.41) is 8.06. The van der Waals surface area contributed by atoms with E-state index in [1.807, 2.05) is 0 Å². The van der Waals surface area contributed by atoms with Gasteiger partial charge in [0, 0.05) is 6.04 Å². The minimum absolute atomic E-state index is 0.489. The molecule has 0 aromatic carbocycles. The molecule has 0 unspecified atom stereocenters. The molecule has 102 valence electrons. The average Bonchev–Trinajstić information content (AvgIpc) is 2.31. The molecule has 0 aliphatic carbocycles. The van der Waals surface area contributed by atoms with Gasteiger partial charge < -0.3 is 15.7 Å². The average molecular weight is 276 g/mol. The molecule has 0 bridgehead atoms. The van der Waals surface area contributed by atoms with Crippen LogP contribution in [0.4, 0.5) is 0 Å². The van der Waals surface area contributed by atoms with Gasteiger partial charge in [-0.2, -0.15) is 0 Å². The van der Waals surface area contributed by atoms with Crippen molar-refractivity contribution in [3.8, 4) is 0 Å². The highest BCUT2D eigenvalue weighted by molar-refractivity contribution is 7.93. The van der Waals surface area contributed by atoms with Gasteiger partial charge in [0.25, 0.3) is 0 Å². The summed E-state index contributed by atoms with van der Waals surface area (Å²) in [6.45, 7) is 4.23. The van der Waals surface area contributed by atoms with Crippen LogP contribution in [0.5, 0.6) is 0 Å². The van der Waals surface area contributed by atoms with E-state index in [0.29, 0.717) is 0 Å². The lowest BCUT2D eigenvalue weighted by molar-refractivity contribution is -0.164. The topological polar surface area (TPSA) is 118 Å². The van der Waals surface area contributed by atoms with E-state index in [-0.39, 0.29) is 0 Å². The molecule has 18 heavy (non-hydrogen) atoms. The van der Waals surface area contributed by atoms with Crippen LogP contribution in [0.2, 0.25) is 0 Å². The molecule has 2 heterocycles. The van der Waals surface area contributed by atoms with Gasteiger partial charge in [-0.1, -0.05) is 0 Å². The van der Waals surface area contributed by atoms with Crippen LogP contribution in [0.3, 0.4) is 0 Å². The number of β-lactam (4-membered cyclic amide) rings is 1. The molecule has 0 saturated carbocycles. The molecule has 0 radical (unpaired) electrons. The van der Waals surface area contributed by atoms with E-state index in [0.717, 1.165) is 4.90 Å². The number of carbonyl (C=O) groups excluding carboxylic acids is 1. The number of carboxylic acids is 1. The molecular formula is C10H16N2O5S. The molecule has 1 amide bonds. The molecule has 4 atom stereocenters. The molecule has 2 aliphatic rings. The van der Waals surface area contributed by atoms with Crippen LogP contribution >= 0.6 is 0 Å². The molecule has 0 spiro atoms. The number of rotatable bonds is 2. The van der Waals surface area contributed by atoms with Gasteiger partial charge in [-0.25, -0.2) is 13.2 Å². The minimum Gasteiger partial charge on any atom is -0.480 e. The van der Waals surface area contributed by atoms with E-state index < -0.39 is 49.8 Å². The number of sulfone groups is 1. The highest BCUT2D eigenvalue weighted by Crippen LogP contribution is 2.49. The molecule has 3 N–H and O–H groups in total. The minimum atomic E-state index is -3.74. The standard InChI is InChI=1S/C10H16N2O5S/c1-4(11)5-7(13)12-6(9(14)15)10(2,3)18(16,17)8(5)12/h4-6,8H,11H2,1-3H3,(H,14,15)/t4-,5+,6-,8+/m0/s1. The second-order valence-corrected chi connectivity index (χ2v) is 8.04. The van der Waals surface area contributed by atoms with Gasteiger partial charge in [0.2, 0.25) is 5.91 Å². The third-order valence-electron chi connectivity index (χ3n) is 3.91. The van der Waals surface area contributed by atoms with Crippen molar-refractivity contribution in [2.24, 2.45) is 11.7 Å². The van der Waals surface area contributed by atoms with Gasteiger partial charge in [0.1, 0.15) is 11.4 Å².